The molecule has 1 aliphatic rings. The highest BCUT2D eigenvalue weighted by molar-refractivity contribution is 6.22. The van der Waals surface area contributed by atoms with Crippen LogP contribution in [0.15, 0.2) is 78.9 Å². The number of fused-ring (bicyclic) bond motifs is 1. The monoisotopic (exact) mass is 572 g/mol. The van der Waals surface area contributed by atoms with E-state index in [1.807, 2.05) is 86.6 Å². The third kappa shape index (κ3) is 5.98. The van der Waals surface area contributed by atoms with Crippen LogP contribution in [0, 0.1) is 31.8 Å². The van der Waals surface area contributed by atoms with Gasteiger partial charge in [-0.2, -0.15) is 5.26 Å². The Kier molecular flexibility index (Phi) is 8.83. The molecule has 0 spiro atoms. The van der Waals surface area contributed by atoms with Crippen LogP contribution in [0.1, 0.15) is 61.8 Å². The lowest BCUT2D eigenvalue weighted by Crippen LogP contribution is -2.27. The molecular weight excluding hydrogens is 536 g/mol. The molecule has 7 nitrogen and oxygen atoms in total. The minimum Gasteiger partial charge on any atom is -0.473 e. The van der Waals surface area contributed by atoms with Crippen molar-refractivity contribution in [3.8, 4) is 17.6 Å². The summed E-state index contributed by atoms with van der Waals surface area (Å²) < 4.78 is 12.4. The quantitative estimate of drug-likeness (QED) is 0.0752. The van der Waals surface area contributed by atoms with Crippen molar-refractivity contribution in [1.29, 1.82) is 5.26 Å². The van der Waals surface area contributed by atoms with Gasteiger partial charge in [0.2, 0.25) is 0 Å². The number of aryl methyl sites for hydroxylation is 2. The summed E-state index contributed by atoms with van der Waals surface area (Å²) in [5, 5.41) is 14.7. The van der Waals surface area contributed by atoms with Crippen LogP contribution in [0.4, 0.5) is 11.4 Å². The smallest absolute Gasteiger partial charge is 0.334 e. The molecule has 1 fully saturated rings. The van der Waals surface area contributed by atoms with Crippen LogP contribution in [-0.2, 0) is 4.79 Å². The summed E-state index contributed by atoms with van der Waals surface area (Å²) in [4.78, 5) is 19.1. The van der Waals surface area contributed by atoms with Crippen molar-refractivity contribution < 1.29 is 14.3 Å². The summed E-state index contributed by atoms with van der Waals surface area (Å²) in [6, 6.07) is 26.0. The van der Waals surface area contributed by atoms with E-state index in [4.69, 9.17) is 16.0 Å². The Hall–Kier alpha value is -5.01. The third-order valence-electron chi connectivity index (χ3n) is 7.92. The van der Waals surface area contributed by atoms with Gasteiger partial charge in [-0.1, -0.05) is 80.3 Å². The van der Waals surface area contributed by atoms with E-state index in [9.17, 15) is 10.1 Å². The molecule has 218 valence electrons. The number of benzene rings is 4. The number of anilines is 2. The predicted molar refractivity (Wildman–Crippen MR) is 170 cm³/mol. The number of hydrogen-bond donors (Lipinski definition) is 1. The van der Waals surface area contributed by atoms with Gasteiger partial charge in [0, 0.05) is 17.5 Å². The number of carbonyl (C=O) groups excluding carboxylic acids is 1. The molecule has 0 saturated carbocycles. The van der Waals surface area contributed by atoms with Crippen LogP contribution in [-0.4, -0.2) is 18.4 Å². The zero-order chi connectivity index (χ0) is 30.4. The molecule has 2 unspecified atom stereocenters. The van der Waals surface area contributed by atoms with Crippen molar-refractivity contribution in [2.45, 2.75) is 64.6 Å². The predicted octanol–water partition coefficient (Wildman–Crippen LogP) is 8.48. The van der Waals surface area contributed by atoms with Crippen LogP contribution in [0.25, 0.3) is 15.6 Å². The number of hydrogen-bond acceptors (Lipinski definition) is 5. The molecule has 7 heteroatoms. The molecule has 4 aromatic carbocycles. The first-order valence-electron chi connectivity index (χ1n) is 14.8. The zero-order valence-corrected chi connectivity index (χ0v) is 24.9. The van der Waals surface area contributed by atoms with E-state index in [0.29, 0.717) is 34.9 Å². The lowest BCUT2D eigenvalue weighted by molar-refractivity contribution is -0.115. The van der Waals surface area contributed by atoms with E-state index in [0.717, 1.165) is 47.6 Å². The Morgan fingerprint density at radius 2 is 1.81 bits per heavy atom. The Balaban J connectivity index is 1.52. The average Bonchev–Trinajstić information content (AvgIpc) is 3.59. The van der Waals surface area contributed by atoms with Crippen LogP contribution in [0.3, 0.4) is 0 Å². The van der Waals surface area contributed by atoms with Crippen molar-refractivity contribution in [3.63, 3.8) is 0 Å². The first kappa shape index (κ1) is 29.5. The van der Waals surface area contributed by atoms with Crippen molar-refractivity contribution in [3.05, 3.63) is 107 Å². The molecule has 4 aromatic rings. The van der Waals surface area contributed by atoms with Crippen LogP contribution in [0.5, 0.6) is 11.5 Å². The second-order valence-corrected chi connectivity index (χ2v) is 10.9. The molecule has 0 radical (unpaired) electrons. The number of nitrogens with zero attached hydrogens (tertiary/aromatic N) is 3. The molecule has 2 atom stereocenters. The largest absolute Gasteiger partial charge is 0.473 e. The van der Waals surface area contributed by atoms with Crippen LogP contribution >= 0.6 is 0 Å². The van der Waals surface area contributed by atoms with Crippen LogP contribution < -0.4 is 19.7 Å². The fourth-order valence-corrected chi connectivity index (χ4v) is 5.68. The Labute approximate surface area is 253 Å². The van der Waals surface area contributed by atoms with E-state index in [2.05, 4.69) is 29.2 Å². The molecule has 1 heterocycles. The summed E-state index contributed by atoms with van der Waals surface area (Å²) in [7, 11) is 0. The maximum absolute atomic E-state index is 13.8. The van der Waals surface area contributed by atoms with Gasteiger partial charge in [0.15, 0.2) is 12.8 Å². The highest BCUT2D eigenvalue weighted by atomic mass is 16.5. The lowest BCUT2D eigenvalue weighted by atomic mass is 9.96. The van der Waals surface area contributed by atoms with Crippen LogP contribution in [0.2, 0.25) is 0 Å². The summed E-state index contributed by atoms with van der Waals surface area (Å²) in [6.07, 6.45) is 4.65. The van der Waals surface area contributed by atoms with Gasteiger partial charge >= 0.3 is 6.04 Å². The van der Waals surface area contributed by atoms with E-state index >= 15 is 0 Å². The van der Waals surface area contributed by atoms with Gasteiger partial charge in [-0.25, -0.2) is 6.57 Å². The molecule has 0 aliphatic carbocycles. The number of unbranched alkanes of at least 4 members (excludes halogenated alkanes) is 3. The van der Waals surface area contributed by atoms with Gasteiger partial charge in [0.25, 0.3) is 11.6 Å². The Morgan fingerprint density at radius 3 is 2.53 bits per heavy atom. The second-order valence-electron chi connectivity index (χ2n) is 10.9. The van der Waals surface area contributed by atoms with Crippen molar-refractivity contribution in [1.82, 2.24) is 0 Å². The first-order chi connectivity index (χ1) is 20.9. The number of nitriles is 1. The Bertz CT molecular complexity index is 1690. The number of carbonyl (C=O) groups is 1. The summed E-state index contributed by atoms with van der Waals surface area (Å²) in [5.41, 5.74) is 2.92. The zero-order valence-electron chi connectivity index (χ0n) is 24.9. The average molecular weight is 573 g/mol. The SMILES string of the molecule is [C-]#[N+]C(C#N)c1c(NCOc2ccccc2)ccc2c(N3C(=O)C3(CCCCCC)Oc3ccc(C)cc3C)cccc12. The second kappa shape index (κ2) is 12.9. The topological polar surface area (TPSA) is 78.7 Å². The maximum Gasteiger partial charge on any atom is 0.334 e. The molecule has 1 aliphatic heterocycles. The van der Waals surface area contributed by atoms with Gasteiger partial charge < -0.3 is 14.8 Å². The number of nitrogens with one attached hydrogen (secondary N) is 1. The minimum absolute atomic E-state index is 0.0847. The molecular formula is C36H36N4O3. The van der Waals surface area contributed by atoms with E-state index in [-0.39, 0.29) is 12.6 Å². The van der Waals surface area contributed by atoms with Crippen molar-refractivity contribution in [2.24, 2.45) is 0 Å². The number of ether oxygens (including phenoxy) is 2. The van der Waals surface area contributed by atoms with E-state index in [1.54, 1.807) is 4.90 Å². The first-order valence-corrected chi connectivity index (χ1v) is 14.8. The van der Waals surface area contributed by atoms with Crippen molar-refractivity contribution in [2.75, 3.05) is 16.9 Å². The number of amides is 1. The van der Waals surface area contributed by atoms with E-state index < -0.39 is 11.8 Å². The molecule has 43 heavy (non-hydrogen) atoms. The molecule has 1 amide bonds. The van der Waals surface area contributed by atoms with Gasteiger partial charge in [-0.05, 0) is 61.5 Å². The molecule has 1 N–H and O–H groups in total. The van der Waals surface area contributed by atoms with Gasteiger partial charge in [-0.15, -0.1) is 0 Å². The lowest BCUT2D eigenvalue weighted by Gasteiger charge is -2.21. The number of rotatable bonds is 13. The normalized spacial score (nSPS) is 16.3. The molecule has 0 bridgehead atoms. The summed E-state index contributed by atoms with van der Waals surface area (Å²) in [6.45, 7) is 14.1. The minimum atomic E-state index is -1.10. The van der Waals surface area contributed by atoms with Gasteiger partial charge in [0.1, 0.15) is 11.5 Å². The molecule has 1 saturated heterocycles. The van der Waals surface area contributed by atoms with E-state index in [1.165, 1.54) is 0 Å². The fourth-order valence-electron chi connectivity index (χ4n) is 5.68. The van der Waals surface area contributed by atoms with Gasteiger partial charge in [-0.3, -0.25) is 14.5 Å². The highest BCUT2D eigenvalue weighted by Crippen LogP contribution is 2.49. The summed E-state index contributed by atoms with van der Waals surface area (Å²) >= 11 is 0. The third-order valence-corrected chi connectivity index (χ3v) is 7.92. The standard InChI is InChI=1S/C36H36N4O3/c1-5-6-7-11-21-36(43-33-20-17-25(2)22-26(33)3)35(41)40(36)32-16-12-15-29-28(32)18-19-30(34(29)31(23-37)38-4)39-24-42-27-13-9-8-10-14-27/h8-10,12-20,22,31,39H,5-7,11,21,24H2,1-3H3. The molecule has 5 rings (SSSR count). The maximum atomic E-state index is 13.8. The fraction of sp³-hybridized carbons (Fsp3) is 0.306. The number of para-hydroxylation sites is 1. The highest BCUT2D eigenvalue weighted by Gasteiger charge is 2.66. The van der Waals surface area contributed by atoms with Crippen molar-refractivity contribution >= 4 is 28.1 Å². The summed E-state index contributed by atoms with van der Waals surface area (Å²) in [5.74, 6) is 1.32. The Morgan fingerprint density at radius 1 is 1.00 bits per heavy atom. The molecule has 0 aromatic heterocycles. The van der Waals surface area contributed by atoms with Gasteiger partial charge in [0.05, 0.1) is 11.3 Å².